The van der Waals surface area contributed by atoms with Crippen LogP contribution in [0.2, 0.25) is 0 Å². The highest BCUT2D eigenvalue weighted by Gasteiger charge is 2.18. The minimum absolute atomic E-state index is 0.0938. The normalized spacial score (nSPS) is 15.9. The first kappa shape index (κ1) is 16.4. The summed E-state index contributed by atoms with van der Waals surface area (Å²) < 4.78 is 0. The third-order valence-corrected chi connectivity index (χ3v) is 4.25. The summed E-state index contributed by atoms with van der Waals surface area (Å²) in [7, 11) is 0. The lowest BCUT2D eigenvalue weighted by molar-refractivity contribution is 0.0928. The first-order chi connectivity index (χ1) is 10.7. The van der Waals surface area contributed by atoms with Crippen LogP contribution in [0.3, 0.4) is 0 Å². The van der Waals surface area contributed by atoms with E-state index in [9.17, 15) is 4.79 Å². The molecule has 0 saturated heterocycles. The van der Waals surface area contributed by atoms with Crippen LogP contribution in [0.1, 0.15) is 42.5 Å². The van der Waals surface area contributed by atoms with Crippen molar-refractivity contribution in [2.45, 2.75) is 38.1 Å². The lowest BCUT2D eigenvalue weighted by Gasteiger charge is -2.23. The highest BCUT2D eigenvalue weighted by atomic mass is 32.2. The lowest BCUT2D eigenvalue weighted by Crippen LogP contribution is -2.36. The van der Waals surface area contributed by atoms with E-state index in [1.807, 2.05) is 24.6 Å². The standard InChI is InChI=1S/C16H20N4OS/c1-22-16(18-11-17)20-14-10-6-5-9-13(14)15(21)19-12-7-3-2-4-8-12/h5-6,9-10,12H,2-4,7-8H2,1H3,(H,18,20)(H,19,21). The molecule has 1 fully saturated rings. The second-order valence-electron chi connectivity index (χ2n) is 5.18. The number of hydrogen-bond acceptors (Lipinski definition) is 4. The number of thioether (sulfide) groups is 1. The van der Waals surface area contributed by atoms with Crippen LogP contribution in [0, 0.1) is 11.5 Å². The van der Waals surface area contributed by atoms with E-state index in [1.54, 1.807) is 12.1 Å². The van der Waals surface area contributed by atoms with Crippen molar-refractivity contribution in [3.05, 3.63) is 29.8 Å². The van der Waals surface area contributed by atoms with Gasteiger partial charge in [-0.05, 0) is 31.2 Å². The van der Waals surface area contributed by atoms with Gasteiger partial charge in [0.2, 0.25) is 0 Å². The molecule has 1 aromatic carbocycles. The van der Waals surface area contributed by atoms with E-state index >= 15 is 0 Å². The number of aliphatic imine (C=N–C) groups is 1. The van der Waals surface area contributed by atoms with Gasteiger partial charge in [-0.3, -0.25) is 10.1 Å². The fourth-order valence-corrected chi connectivity index (χ4v) is 2.89. The summed E-state index contributed by atoms with van der Waals surface area (Å²) in [5.41, 5.74) is 1.11. The molecule has 116 valence electrons. The van der Waals surface area contributed by atoms with E-state index in [2.05, 4.69) is 15.6 Å². The Morgan fingerprint density at radius 3 is 2.73 bits per heavy atom. The Kier molecular flexibility index (Phi) is 6.28. The summed E-state index contributed by atoms with van der Waals surface area (Å²) in [5, 5.41) is 14.8. The van der Waals surface area contributed by atoms with Crippen molar-refractivity contribution in [3.63, 3.8) is 0 Å². The highest BCUT2D eigenvalue weighted by Crippen LogP contribution is 2.22. The van der Waals surface area contributed by atoms with Crippen LogP contribution in [0.4, 0.5) is 5.69 Å². The molecule has 0 aromatic heterocycles. The molecule has 1 amide bonds. The molecule has 22 heavy (non-hydrogen) atoms. The zero-order chi connectivity index (χ0) is 15.8. The van der Waals surface area contributed by atoms with Gasteiger partial charge in [0.25, 0.3) is 5.91 Å². The molecule has 1 aliphatic rings. The Morgan fingerprint density at radius 1 is 1.32 bits per heavy atom. The van der Waals surface area contributed by atoms with Gasteiger partial charge in [-0.25, -0.2) is 4.99 Å². The van der Waals surface area contributed by atoms with Gasteiger partial charge in [0.1, 0.15) is 0 Å². The largest absolute Gasteiger partial charge is 0.349 e. The quantitative estimate of drug-likeness (QED) is 0.388. The number of nitrogens with one attached hydrogen (secondary N) is 2. The number of para-hydroxylation sites is 1. The van der Waals surface area contributed by atoms with E-state index < -0.39 is 0 Å². The third kappa shape index (κ3) is 4.50. The maximum absolute atomic E-state index is 12.5. The van der Waals surface area contributed by atoms with Crippen LogP contribution in [-0.2, 0) is 0 Å². The van der Waals surface area contributed by atoms with Crippen molar-refractivity contribution in [1.29, 1.82) is 5.26 Å². The first-order valence-corrected chi connectivity index (χ1v) is 8.64. The van der Waals surface area contributed by atoms with E-state index in [-0.39, 0.29) is 11.9 Å². The van der Waals surface area contributed by atoms with Crippen molar-refractivity contribution >= 4 is 28.5 Å². The van der Waals surface area contributed by atoms with E-state index in [4.69, 9.17) is 5.26 Å². The molecule has 0 radical (unpaired) electrons. The molecule has 0 bridgehead atoms. The monoisotopic (exact) mass is 316 g/mol. The second-order valence-corrected chi connectivity index (χ2v) is 5.98. The van der Waals surface area contributed by atoms with Gasteiger partial charge in [-0.15, -0.1) is 0 Å². The number of nitriles is 1. The van der Waals surface area contributed by atoms with Crippen molar-refractivity contribution < 1.29 is 4.79 Å². The van der Waals surface area contributed by atoms with E-state index in [1.165, 1.54) is 31.0 Å². The third-order valence-electron chi connectivity index (χ3n) is 3.67. The first-order valence-electron chi connectivity index (χ1n) is 7.42. The molecule has 0 spiro atoms. The summed E-state index contributed by atoms with van der Waals surface area (Å²) in [6.45, 7) is 0. The van der Waals surface area contributed by atoms with Gasteiger partial charge < -0.3 is 5.32 Å². The molecule has 1 aromatic rings. The molecule has 0 unspecified atom stereocenters. The summed E-state index contributed by atoms with van der Waals surface area (Å²) >= 11 is 1.33. The van der Waals surface area contributed by atoms with Gasteiger partial charge in [-0.1, -0.05) is 43.2 Å². The van der Waals surface area contributed by atoms with Crippen LogP contribution in [0.15, 0.2) is 29.3 Å². The molecule has 2 rings (SSSR count). The fourth-order valence-electron chi connectivity index (χ4n) is 2.56. The summed E-state index contributed by atoms with van der Waals surface area (Å²) in [5.74, 6) is -0.0938. The number of nitrogens with zero attached hydrogens (tertiary/aromatic N) is 2. The number of benzene rings is 1. The molecule has 0 aliphatic heterocycles. The number of amides is 1. The minimum atomic E-state index is -0.0938. The minimum Gasteiger partial charge on any atom is -0.349 e. The molecule has 0 heterocycles. The maximum Gasteiger partial charge on any atom is 0.253 e. The highest BCUT2D eigenvalue weighted by molar-refractivity contribution is 8.13. The number of carbonyl (C=O) groups is 1. The fraction of sp³-hybridized carbons (Fsp3) is 0.438. The smallest absolute Gasteiger partial charge is 0.253 e. The zero-order valence-electron chi connectivity index (χ0n) is 12.6. The van der Waals surface area contributed by atoms with Crippen LogP contribution in [-0.4, -0.2) is 23.4 Å². The Balaban J connectivity index is 2.16. The predicted molar refractivity (Wildman–Crippen MR) is 90.1 cm³/mol. The average Bonchev–Trinajstić information content (AvgIpc) is 2.55. The molecular weight excluding hydrogens is 296 g/mol. The molecule has 1 saturated carbocycles. The van der Waals surface area contributed by atoms with Gasteiger partial charge in [-0.2, -0.15) is 5.26 Å². The Labute approximate surface area is 135 Å². The van der Waals surface area contributed by atoms with Crippen molar-refractivity contribution in [2.24, 2.45) is 4.99 Å². The Hall–Kier alpha value is -2.00. The maximum atomic E-state index is 12.5. The molecule has 5 nitrogen and oxygen atoms in total. The lowest BCUT2D eigenvalue weighted by atomic mass is 9.95. The van der Waals surface area contributed by atoms with Crippen LogP contribution >= 0.6 is 11.8 Å². The number of rotatable bonds is 3. The summed E-state index contributed by atoms with van der Waals surface area (Å²) in [4.78, 5) is 16.9. The topological polar surface area (TPSA) is 77.3 Å². The van der Waals surface area contributed by atoms with Gasteiger partial charge in [0, 0.05) is 6.04 Å². The molecule has 2 N–H and O–H groups in total. The number of hydrogen-bond donors (Lipinski definition) is 2. The average molecular weight is 316 g/mol. The van der Waals surface area contributed by atoms with E-state index in [0.29, 0.717) is 16.4 Å². The van der Waals surface area contributed by atoms with Crippen LogP contribution in [0.5, 0.6) is 0 Å². The second kappa shape index (κ2) is 8.44. The zero-order valence-corrected chi connectivity index (χ0v) is 13.4. The van der Waals surface area contributed by atoms with Crippen LogP contribution < -0.4 is 10.6 Å². The summed E-state index contributed by atoms with van der Waals surface area (Å²) in [6, 6.07) is 7.47. The Morgan fingerprint density at radius 2 is 2.05 bits per heavy atom. The Bertz CT molecular complexity index is 588. The van der Waals surface area contributed by atoms with Gasteiger partial charge in [0.15, 0.2) is 11.4 Å². The molecule has 0 atom stereocenters. The number of carbonyl (C=O) groups excluding carboxylic acids is 1. The predicted octanol–water partition coefficient (Wildman–Crippen LogP) is 3.17. The van der Waals surface area contributed by atoms with Gasteiger partial charge in [0.05, 0.1) is 11.3 Å². The van der Waals surface area contributed by atoms with Crippen LogP contribution in [0.25, 0.3) is 0 Å². The van der Waals surface area contributed by atoms with E-state index in [0.717, 1.165) is 12.8 Å². The molecular formula is C16H20N4OS. The SMILES string of the molecule is CSC(=Nc1ccccc1C(=O)NC1CCCCC1)NC#N. The van der Waals surface area contributed by atoms with Crippen molar-refractivity contribution in [2.75, 3.05) is 6.26 Å². The van der Waals surface area contributed by atoms with Gasteiger partial charge >= 0.3 is 0 Å². The summed E-state index contributed by atoms with van der Waals surface area (Å²) in [6.07, 6.45) is 9.37. The molecule has 1 aliphatic carbocycles. The molecule has 6 heteroatoms. The van der Waals surface area contributed by atoms with Crippen molar-refractivity contribution in [1.82, 2.24) is 10.6 Å². The van der Waals surface area contributed by atoms with Crippen molar-refractivity contribution in [3.8, 4) is 6.19 Å². The number of amidine groups is 1.